The Balaban J connectivity index is 2.39. The lowest BCUT2D eigenvalue weighted by Crippen LogP contribution is -2.15. The third-order valence-electron chi connectivity index (χ3n) is 3.10. The molecule has 21 heavy (non-hydrogen) atoms. The van der Waals surface area contributed by atoms with Crippen molar-refractivity contribution in [1.29, 1.82) is 0 Å². The van der Waals surface area contributed by atoms with Crippen molar-refractivity contribution >= 4 is 32.9 Å². The van der Waals surface area contributed by atoms with Crippen molar-refractivity contribution in [3.05, 3.63) is 62.7 Å². The van der Waals surface area contributed by atoms with E-state index in [4.69, 9.17) is 5.11 Å². The minimum atomic E-state index is -1.16. The Morgan fingerprint density at radius 1 is 1.29 bits per heavy atom. The number of aromatic carboxylic acids is 1. The first-order chi connectivity index (χ1) is 9.99. The maximum Gasteiger partial charge on any atom is 0.337 e. The van der Waals surface area contributed by atoms with Gasteiger partial charge in [0.25, 0.3) is 0 Å². The zero-order chi connectivity index (χ0) is 15.1. The van der Waals surface area contributed by atoms with Crippen LogP contribution < -0.4 is 5.69 Å². The first kappa shape index (κ1) is 13.6. The maximum atomic E-state index is 14.1. The van der Waals surface area contributed by atoms with Crippen LogP contribution in [0.4, 0.5) is 4.39 Å². The van der Waals surface area contributed by atoms with Crippen LogP contribution in [0.15, 0.2) is 45.7 Å². The largest absolute Gasteiger partial charge is 0.478 e. The predicted octanol–water partition coefficient (Wildman–Crippen LogP) is 2.92. The molecule has 3 rings (SSSR count). The summed E-state index contributed by atoms with van der Waals surface area (Å²) >= 11 is 3.15. The molecule has 0 bridgehead atoms. The van der Waals surface area contributed by atoms with Crippen molar-refractivity contribution in [3.8, 4) is 5.69 Å². The van der Waals surface area contributed by atoms with E-state index in [-0.39, 0.29) is 16.8 Å². The number of fused-ring (bicyclic) bond motifs is 1. The van der Waals surface area contributed by atoms with Gasteiger partial charge < -0.3 is 10.1 Å². The zero-order valence-corrected chi connectivity index (χ0v) is 12.0. The van der Waals surface area contributed by atoms with E-state index in [1.54, 1.807) is 12.1 Å². The molecule has 0 amide bonds. The summed E-state index contributed by atoms with van der Waals surface area (Å²) in [6, 6.07) is 8.73. The van der Waals surface area contributed by atoms with Gasteiger partial charge in [-0.3, -0.25) is 4.57 Å². The van der Waals surface area contributed by atoms with E-state index >= 15 is 0 Å². The SMILES string of the molecule is O=C(O)c1cccc2c1[nH]c(=O)n2-c1ccc(Br)cc1F. The summed E-state index contributed by atoms with van der Waals surface area (Å²) in [5.41, 5.74) is -0.115. The van der Waals surface area contributed by atoms with Gasteiger partial charge in [0.1, 0.15) is 5.82 Å². The fourth-order valence-electron chi connectivity index (χ4n) is 2.21. The highest BCUT2D eigenvalue weighted by Gasteiger charge is 2.17. The van der Waals surface area contributed by atoms with E-state index in [1.807, 2.05) is 0 Å². The number of hydrogen-bond acceptors (Lipinski definition) is 2. The summed E-state index contributed by atoms with van der Waals surface area (Å²) in [5.74, 6) is -1.75. The van der Waals surface area contributed by atoms with Gasteiger partial charge in [-0.2, -0.15) is 0 Å². The number of aromatic amines is 1. The van der Waals surface area contributed by atoms with E-state index in [2.05, 4.69) is 20.9 Å². The average Bonchev–Trinajstić information content (AvgIpc) is 2.74. The van der Waals surface area contributed by atoms with E-state index in [0.29, 0.717) is 9.99 Å². The van der Waals surface area contributed by atoms with Gasteiger partial charge in [0, 0.05) is 4.47 Å². The highest BCUT2D eigenvalue weighted by atomic mass is 79.9. The number of aromatic nitrogens is 2. The second-order valence-corrected chi connectivity index (χ2v) is 5.28. The minimum Gasteiger partial charge on any atom is -0.478 e. The number of imidazole rings is 1. The van der Waals surface area contributed by atoms with Crippen molar-refractivity contribution in [2.75, 3.05) is 0 Å². The monoisotopic (exact) mass is 350 g/mol. The molecule has 0 saturated carbocycles. The molecule has 2 aromatic carbocycles. The Bertz CT molecular complexity index is 930. The Morgan fingerprint density at radius 2 is 2.05 bits per heavy atom. The van der Waals surface area contributed by atoms with Gasteiger partial charge in [0.2, 0.25) is 0 Å². The van der Waals surface area contributed by atoms with E-state index in [0.717, 1.165) is 4.57 Å². The summed E-state index contributed by atoms with van der Waals surface area (Å²) in [5, 5.41) is 9.13. The van der Waals surface area contributed by atoms with Crippen molar-refractivity contribution in [1.82, 2.24) is 9.55 Å². The van der Waals surface area contributed by atoms with Crippen LogP contribution in [0.1, 0.15) is 10.4 Å². The standard InChI is InChI=1S/C14H8BrFN2O3/c15-7-4-5-10(9(16)6-7)18-11-3-1-2-8(13(19)20)12(11)17-14(18)21/h1-6H,(H,17,21)(H,19,20). The normalized spacial score (nSPS) is 11.0. The Labute approximate surface area is 125 Å². The number of para-hydroxylation sites is 1. The summed E-state index contributed by atoms with van der Waals surface area (Å²) in [6.45, 7) is 0. The van der Waals surface area contributed by atoms with Crippen molar-refractivity contribution in [3.63, 3.8) is 0 Å². The van der Waals surface area contributed by atoms with Crippen LogP contribution in [0.2, 0.25) is 0 Å². The first-order valence-corrected chi connectivity index (χ1v) is 6.71. The summed E-state index contributed by atoms with van der Waals surface area (Å²) in [4.78, 5) is 25.7. The smallest absolute Gasteiger partial charge is 0.337 e. The molecule has 5 nitrogen and oxygen atoms in total. The lowest BCUT2D eigenvalue weighted by molar-refractivity contribution is 0.0699. The molecule has 1 heterocycles. The molecular weight excluding hydrogens is 343 g/mol. The van der Waals surface area contributed by atoms with Crippen molar-refractivity contribution < 1.29 is 14.3 Å². The van der Waals surface area contributed by atoms with Gasteiger partial charge in [0.15, 0.2) is 0 Å². The first-order valence-electron chi connectivity index (χ1n) is 5.91. The molecule has 0 saturated heterocycles. The Hall–Kier alpha value is -2.41. The number of benzene rings is 2. The third kappa shape index (κ3) is 2.15. The molecular formula is C14H8BrFN2O3. The second kappa shape index (κ2) is 4.85. The van der Waals surface area contributed by atoms with Gasteiger partial charge in [-0.25, -0.2) is 14.0 Å². The molecule has 106 valence electrons. The number of carboxylic acid groups (broad SMARTS) is 1. The number of carboxylic acids is 1. The maximum absolute atomic E-state index is 14.1. The topological polar surface area (TPSA) is 75.1 Å². The van der Waals surface area contributed by atoms with Crippen LogP contribution >= 0.6 is 15.9 Å². The van der Waals surface area contributed by atoms with Crippen LogP contribution in [0, 0.1) is 5.82 Å². The molecule has 0 aliphatic heterocycles. The number of H-pyrrole nitrogens is 1. The number of rotatable bonds is 2. The molecule has 0 fully saturated rings. The number of nitrogens with zero attached hydrogens (tertiary/aromatic N) is 1. The van der Waals surface area contributed by atoms with Gasteiger partial charge >= 0.3 is 11.7 Å². The number of nitrogens with one attached hydrogen (secondary N) is 1. The molecule has 2 N–H and O–H groups in total. The lowest BCUT2D eigenvalue weighted by atomic mass is 10.2. The van der Waals surface area contributed by atoms with E-state index < -0.39 is 17.5 Å². The lowest BCUT2D eigenvalue weighted by Gasteiger charge is -2.05. The zero-order valence-electron chi connectivity index (χ0n) is 10.4. The molecule has 1 aromatic heterocycles. The molecule has 0 aliphatic rings. The molecule has 3 aromatic rings. The van der Waals surface area contributed by atoms with Crippen LogP contribution in [-0.4, -0.2) is 20.6 Å². The van der Waals surface area contributed by atoms with Gasteiger partial charge in [0.05, 0.1) is 22.3 Å². The van der Waals surface area contributed by atoms with Gasteiger partial charge in [-0.05, 0) is 30.3 Å². The van der Waals surface area contributed by atoms with Gasteiger partial charge in [-0.15, -0.1) is 0 Å². The summed E-state index contributed by atoms with van der Waals surface area (Å²) < 4.78 is 15.7. The van der Waals surface area contributed by atoms with Crippen molar-refractivity contribution in [2.45, 2.75) is 0 Å². The molecule has 0 unspecified atom stereocenters. The number of hydrogen-bond donors (Lipinski definition) is 2. The Kier molecular flexibility index (Phi) is 3.13. The fraction of sp³-hybridized carbons (Fsp3) is 0. The van der Waals surface area contributed by atoms with Crippen LogP contribution in [0.5, 0.6) is 0 Å². The average molecular weight is 351 g/mol. The molecule has 0 radical (unpaired) electrons. The molecule has 7 heteroatoms. The highest BCUT2D eigenvalue weighted by molar-refractivity contribution is 9.10. The minimum absolute atomic E-state index is 0.0409. The number of carbonyl (C=O) groups is 1. The Morgan fingerprint density at radius 3 is 2.71 bits per heavy atom. The number of halogens is 2. The van der Waals surface area contributed by atoms with E-state index in [9.17, 15) is 14.0 Å². The fourth-order valence-corrected chi connectivity index (χ4v) is 2.54. The summed E-state index contributed by atoms with van der Waals surface area (Å²) in [7, 11) is 0. The van der Waals surface area contributed by atoms with Crippen LogP contribution in [0.25, 0.3) is 16.7 Å². The van der Waals surface area contributed by atoms with Gasteiger partial charge in [-0.1, -0.05) is 22.0 Å². The molecule has 0 atom stereocenters. The van der Waals surface area contributed by atoms with Crippen LogP contribution in [0.3, 0.4) is 0 Å². The predicted molar refractivity (Wildman–Crippen MR) is 78.5 cm³/mol. The second-order valence-electron chi connectivity index (χ2n) is 4.37. The molecule has 0 spiro atoms. The van der Waals surface area contributed by atoms with Crippen LogP contribution in [-0.2, 0) is 0 Å². The van der Waals surface area contributed by atoms with E-state index in [1.165, 1.54) is 24.3 Å². The summed E-state index contributed by atoms with van der Waals surface area (Å²) in [6.07, 6.45) is 0. The van der Waals surface area contributed by atoms with Crippen molar-refractivity contribution in [2.24, 2.45) is 0 Å². The highest BCUT2D eigenvalue weighted by Crippen LogP contribution is 2.22. The third-order valence-corrected chi connectivity index (χ3v) is 3.59. The quantitative estimate of drug-likeness (QED) is 0.746. The molecule has 0 aliphatic carbocycles.